The second-order valence-electron chi connectivity index (χ2n) is 5.00. The summed E-state index contributed by atoms with van der Waals surface area (Å²) in [5, 5.41) is 7.54. The predicted octanol–water partition coefficient (Wildman–Crippen LogP) is 2.11. The zero-order valence-corrected chi connectivity index (χ0v) is 12.7. The van der Waals surface area contributed by atoms with Gasteiger partial charge >= 0.3 is 0 Å². The second kappa shape index (κ2) is 10.2. The molecule has 0 atom stereocenters. The first-order valence-corrected chi connectivity index (χ1v) is 6.67. The summed E-state index contributed by atoms with van der Waals surface area (Å²) in [6, 6.07) is 0. The summed E-state index contributed by atoms with van der Waals surface area (Å²) in [6.45, 7) is 17.1. The standard InChI is InChI=1S/C13H21NO.C2H5NO2/c1-5-6-13-10-14(9-11(2)3)7-8-15-12(13)4;1-2(4)3-5/h5-6,11H,1,4,7-10H2,2-3H3;5H,1H3,(H,3,4)/b13-6-;. The lowest BCUT2D eigenvalue weighted by Gasteiger charge is -2.21. The Morgan fingerprint density at radius 2 is 2.20 bits per heavy atom. The molecule has 0 unspecified atom stereocenters. The molecule has 1 rings (SSSR count). The Morgan fingerprint density at radius 1 is 1.60 bits per heavy atom. The maximum Gasteiger partial charge on any atom is 0.240 e. The van der Waals surface area contributed by atoms with Crippen LogP contribution in [0.4, 0.5) is 0 Å². The van der Waals surface area contributed by atoms with Crippen LogP contribution in [-0.2, 0) is 9.53 Å². The highest BCUT2D eigenvalue weighted by Crippen LogP contribution is 2.16. The fourth-order valence-electron chi connectivity index (χ4n) is 1.76. The van der Waals surface area contributed by atoms with Crippen LogP contribution in [0.1, 0.15) is 20.8 Å². The zero-order valence-electron chi connectivity index (χ0n) is 12.7. The van der Waals surface area contributed by atoms with E-state index in [4.69, 9.17) is 9.94 Å². The highest BCUT2D eigenvalue weighted by atomic mass is 16.5. The van der Waals surface area contributed by atoms with Gasteiger partial charge in [0.25, 0.3) is 0 Å². The van der Waals surface area contributed by atoms with Crippen molar-refractivity contribution in [2.75, 3.05) is 26.2 Å². The molecule has 20 heavy (non-hydrogen) atoms. The average molecular weight is 282 g/mol. The average Bonchev–Trinajstić information content (AvgIpc) is 2.53. The van der Waals surface area contributed by atoms with Gasteiger partial charge < -0.3 is 4.74 Å². The van der Waals surface area contributed by atoms with Crippen LogP contribution < -0.4 is 5.48 Å². The summed E-state index contributed by atoms with van der Waals surface area (Å²) in [6.07, 6.45) is 3.78. The molecule has 0 aromatic rings. The zero-order chi connectivity index (χ0) is 15.5. The van der Waals surface area contributed by atoms with E-state index in [1.54, 1.807) is 6.08 Å². The number of carbonyl (C=O) groups excluding carboxylic acids is 1. The topological polar surface area (TPSA) is 61.8 Å². The van der Waals surface area contributed by atoms with Crippen molar-refractivity contribution in [1.29, 1.82) is 0 Å². The van der Waals surface area contributed by atoms with Crippen LogP contribution in [0.25, 0.3) is 0 Å². The van der Waals surface area contributed by atoms with Crippen LogP contribution >= 0.6 is 0 Å². The summed E-state index contributed by atoms with van der Waals surface area (Å²) in [4.78, 5) is 11.9. The van der Waals surface area contributed by atoms with Crippen molar-refractivity contribution in [3.63, 3.8) is 0 Å². The summed E-state index contributed by atoms with van der Waals surface area (Å²) in [5.74, 6) is 1.03. The SMILES string of the molecule is C=C/C=C1/CN(CC(C)C)CCOC1=C.CC(=O)NO. The van der Waals surface area contributed by atoms with Crippen LogP contribution in [0.2, 0.25) is 0 Å². The molecule has 114 valence electrons. The van der Waals surface area contributed by atoms with E-state index in [0.717, 1.165) is 37.6 Å². The van der Waals surface area contributed by atoms with Crippen molar-refractivity contribution in [2.45, 2.75) is 20.8 Å². The van der Waals surface area contributed by atoms with E-state index in [9.17, 15) is 4.79 Å². The van der Waals surface area contributed by atoms with Gasteiger partial charge in [0, 0.05) is 32.1 Å². The molecule has 1 aliphatic rings. The van der Waals surface area contributed by atoms with Crippen LogP contribution in [0, 0.1) is 5.92 Å². The van der Waals surface area contributed by atoms with E-state index < -0.39 is 5.91 Å². The van der Waals surface area contributed by atoms with E-state index in [-0.39, 0.29) is 0 Å². The minimum absolute atomic E-state index is 0.440. The molecule has 0 aromatic carbocycles. The first kappa shape index (κ1) is 18.4. The van der Waals surface area contributed by atoms with E-state index in [1.165, 1.54) is 12.4 Å². The summed E-state index contributed by atoms with van der Waals surface area (Å²) < 4.78 is 5.53. The number of carbonyl (C=O) groups is 1. The molecule has 1 aliphatic heterocycles. The van der Waals surface area contributed by atoms with Crippen molar-refractivity contribution in [3.05, 3.63) is 36.6 Å². The van der Waals surface area contributed by atoms with Crippen molar-refractivity contribution >= 4 is 5.91 Å². The van der Waals surface area contributed by atoms with Gasteiger partial charge in [0.2, 0.25) is 5.91 Å². The smallest absolute Gasteiger partial charge is 0.240 e. The molecule has 0 aromatic heterocycles. The quantitative estimate of drug-likeness (QED) is 0.615. The Hall–Kier alpha value is -1.59. The number of hydroxylamine groups is 1. The Bertz CT molecular complexity index is 362. The molecule has 1 saturated heterocycles. The highest BCUT2D eigenvalue weighted by molar-refractivity contribution is 5.71. The number of hydrogen-bond donors (Lipinski definition) is 2. The van der Waals surface area contributed by atoms with Gasteiger partial charge in [-0.3, -0.25) is 14.9 Å². The predicted molar refractivity (Wildman–Crippen MR) is 80.3 cm³/mol. The highest BCUT2D eigenvalue weighted by Gasteiger charge is 2.16. The first-order valence-electron chi connectivity index (χ1n) is 6.67. The number of allylic oxidation sites excluding steroid dienone is 2. The maximum atomic E-state index is 9.45. The molecule has 0 radical (unpaired) electrons. The van der Waals surface area contributed by atoms with Crippen molar-refractivity contribution in [3.8, 4) is 0 Å². The largest absolute Gasteiger partial charge is 0.493 e. The van der Waals surface area contributed by atoms with Crippen molar-refractivity contribution < 1.29 is 14.7 Å². The van der Waals surface area contributed by atoms with Crippen LogP contribution in [0.5, 0.6) is 0 Å². The monoisotopic (exact) mass is 282 g/mol. The van der Waals surface area contributed by atoms with E-state index in [2.05, 4.69) is 31.9 Å². The molecule has 1 heterocycles. The van der Waals surface area contributed by atoms with E-state index in [1.807, 2.05) is 6.08 Å². The lowest BCUT2D eigenvalue weighted by molar-refractivity contribution is -0.126. The van der Waals surface area contributed by atoms with E-state index in [0.29, 0.717) is 5.92 Å². The Kier molecular flexibility index (Phi) is 9.41. The Morgan fingerprint density at radius 3 is 2.65 bits per heavy atom. The molecule has 1 fully saturated rings. The van der Waals surface area contributed by atoms with Gasteiger partial charge in [0.1, 0.15) is 12.4 Å². The van der Waals surface area contributed by atoms with Gasteiger partial charge in [-0.25, -0.2) is 5.48 Å². The molecule has 1 amide bonds. The van der Waals surface area contributed by atoms with Crippen molar-refractivity contribution in [1.82, 2.24) is 10.4 Å². The lowest BCUT2D eigenvalue weighted by Crippen LogP contribution is -2.30. The molecule has 0 bridgehead atoms. The van der Waals surface area contributed by atoms with Crippen LogP contribution in [0.3, 0.4) is 0 Å². The fourth-order valence-corrected chi connectivity index (χ4v) is 1.76. The lowest BCUT2D eigenvalue weighted by atomic mass is 10.1. The third-order valence-corrected chi connectivity index (χ3v) is 2.54. The minimum atomic E-state index is -0.440. The number of nitrogens with zero attached hydrogens (tertiary/aromatic N) is 1. The molecule has 0 aliphatic carbocycles. The number of rotatable bonds is 3. The normalized spacial score (nSPS) is 17.9. The third kappa shape index (κ3) is 8.50. The third-order valence-electron chi connectivity index (χ3n) is 2.54. The number of amides is 1. The van der Waals surface area contributed by atoms with Gasteiger partial charge in [0.05, 0.1) is 0 Å². The van der Waals surface area contributed by atoms with Crippen molar-refractivity contribution in [2.24, 2.45) is 5.92 Å². The van der Waals surface area contributed by atoms with Gasteiger partial charge in [0.15, 0.2) is 0 Å². The Balaban J connectivity index is 0.000000621. The van der Waals surface area contributed by atoms with Gasteiger partial charge in [-0.15, -0.1) is 0 Å². The molecule has 5 heteroatoms. The van der Waals surface area contributed by atoms with Crippen LogP contribution in [-0.4, -0.2) is 42.3 Å². The van der Waals surface area contributed by atoms with E-state index >= 15 is 0 Å². The molecule has 0 saturated carbocycles. The van der Waals surface area contributed by atoms with Gasteiger partial charge in [-0.2, -0.15) is 0 Å². The summed E-state index contributed by atoms with van der Waals surface area (Å²) in [7, 11) is 0. The first-order chi connectivity index (χ1) is 9.40. The van der Waals surface area contributed by atoms with Gasteiger partial charge in [-0.1, -0.05) is 39.2 Å². The molecular formula is C15H26N2O3. The maximum absolute atomic E-state index is 9.45. The molecular weight excluding hydrogens is 256 g/mol. The molecule has 5 nitrogen and oxygen atoms in total. The molecule has 0 spiro atoms. The fraction of sp³-hybridized carbons (Fsp3) is 0.533. The molecule has 2 N–H and O–H groups in total. The number of ether oxygens (including phenoxy) is 1. The van der Waals surface area contributed by atoms with Crippen LogP contribution in [0.15, 0.2) is 36.6 Å². The summed E-state index contributed by atoms with van der Waals surface area (Å²) in [5.41, 5.74) is 2.53. The summed E-state index contributed by atoms with van der Waals surface area (Å²) >= 11 is 0. The Labute approximate surface area is 121 Å². The number of nitrogens with one attached hydrogen (secondary N) is 1. The van der Waals surface area contributed by atoms with Gasteiger partial charge in [-0.05, 0) is 5.92 Å². The number of hydrogen-bond acceptors (Lipinski definition) is 4. The second-order valence-corrected chi connectivity index (χ2v) is 5.00. The minimum Gasteiger partial charge on any atom is -0.493 e.